The van der Waals surface area contributed by atoms with Gasteiger partial charge in [0.15, 0.2) is 6.61 Å². The molecule has 0 saturated carbocycles. The smallest absolute Gasteiger partial charge is 0.306 e. The number of hydrogen-bond donors (Lipinski definition) is 1. The van der Waals surface area contributed by atoms with E-state index in [-0.39, 0.29) is 24.5 Å². The molecule has 1 N–H and O–H groups in total. The first-order chi connectivity index (χ1) is 13.1. The predicted molar refractivity (Wildman–Crippen MR) is 111 cm³/mol. The molecule has 0 spiro atoms. The van der Waals surface area contributed by atoms with Crippen LogP contribution in [0.15, 0.2) is 34.7 Å². The van der Waals surface area contributed by atoms with Crippen LogP contribution >= 0.6 is 21.6 Å². The number of para-hydroxylation sites is 1. The summed E-state index contributed by atoms with van der Waals surface area (Å²) in [5, 5.41) is 4.53. The number of unbranched alkanes of at least 4 members (excludes halogenated alkanes) is 1. The summed E-state index contributed by atoms with van der Waals surface area (Å²) < 4.78 is 10.8. The Bertz CT molecular complexity index is 737. The summed E-state index contributed by atoms with van der Waals surface area (Å²) >= 11 is 0. The van der Waals surface area contributed by atoms with E-state index in [9.17, 15) is 9.59 Å². The fourth-order valence-electron chi connectivity index (χ4n) is 2.99. The molecule has 0 radical (unpaired) electrons. The summed E-state index contributed by atoms with van der Waals surface area (Å²) in [5.41, 5.74) is 0.787. The van der Waals surface area contributed by atoms with Gasteiger partial charge in [-0.1, -0.05) is 46.2 Å². The molecule has 1 amide bonds. The van der Waals surface area contributed by atoms with E-state index in [1.807, 2.05) is 58.8 Å². The Labute approximate surface area is 167 Å². The van der Waals surface area contributed by atoms with Gasteiger partial charge < -0.3 is 14.5 Å². The number of hydrogen-bond acceptors (Lipinski definition) is 6. The SMILES string of the molecule is C[C@H](NC(=O)COC(=O)CCCC[C@H]1CCSS1)c1cc2ccccc2o1. The van der Waals surface area contributed by atoms with Crippen molar-refractivity contribution < 1.29 is 18.7 Å². The molecule has 7 heteroatoms. The number of ether oxygens (including phenoxy) is 1. The lowest BCUT2D eigenvalue weighted by Gasteiger charge is -2.11. The normalized spacial score (nSPS) is 17.7. The fraction of sp³-hybridized carbons (Fsp3) is 0.500. The summed E-state index contributed by atoms with van der Waals surface area (Å²) in [4.78, 5) is 23.8. The lowest BCUT2D eigenvalue weighted by molar-refractivity contribution is -0.148. The Balaban J connectivity index is 1.32. The Kier molecular flexibility index (Phi) is 7.52. The van der Waals surface area contributed by atoms with Gasteiger partial charge >= 0.3 is 5.97 Å². The van der Waals surface area contributed by atoms with Gasteiger partial charge in [0.25, 0.3) is 5.91 Å². The minimum absolute atomic E-state index is 0.251. The summed E-state index contributed by atoms with van der Waals surface area (Å²) in [6, 6.07) is 9.32. The molecule has 1 aliphatic heterocycles. The van der Waals surface area contributed by atoms with Crippen LogP contribution in [0.3, 0.4) is 0 Å². The molecule has 1 fully saturated rings. The van der Waals surface area contributed by atoms with Crippen molar-refractivity contribution in [2.45, 2.75) is 50.3 Å². The minimum Gasteiger partial charge on any atom is -0.459 e. The number of carbonyl (C=O) groups is 2. The van der Waals surface area contributed by atoms with E-state index >= 15 is 0 Å². The first-order valence-corrected chi connectivity index (χ1v) is 11.7. The quantitative estimate of drug-likeness (QED) is 0.363. The molecule has 2 heterocycles. The summed E-state index contributed by atoms with van der Waals surface area (Å²) in [7, 11) is 3.90. The third-order valence-electron chi connectivity index (χ3n) is 4.50. The first kappa shape index (κ1) is 20.1. The van der Waals surface area contributed by atoms with E-state index in [0.29, 0.717) is 12.2 Å². The van der Waals surface area contributed by atoms with Crippen LogP contribution in [0.1, 0.15) is 50.8 Å². The second kappa shape index (κ2) is 10.1. The van der Waals surface area contributed by atoms with E-state index in [1.165, 1.54) is 12.2 Å². The minimum atomic E-state index is -0.323. The number of esters is 1. The van der Waals surface area contributed by atoms with E-state index < -0.39 is 0 Å². The van der Waals surface area contributed by atoms with Crippen LogP contribution in [-0.2, 0) is 14.3 Å². The highest BCUT2D eigenvalue weighted by Gasteiger charge is 2.17. The second-order valence-corrected chi connectivity index (χ2v) is 9.50. The average Bonchev–Trinajstić information content (AvgIpc) is 3.32. The van der Waals surface area contributed by atoms with Crippen LogP contribution in [-0.4, -0.2) is 29.5 Å². The van der Waals surface area contributed by atoms with Gasteiger partial charge in [-0.2, -0.15) is 0 Å². The molecule has 1 aromatic heterocycles. The molecule has 3 rings (SSSR count). The monoisotopic (exact) mass is 407 g/mol. The second-order valence-electron chi connectivity index (χ2n) is 6.71. The Hall–Kier alpha value is -1.60. The van der Waals surface area contributed by atoms with E-state index in [1.54, 1.807) is 0 Å². The molecule has 1 saturated heterocycles. The molecule has 1 aromatic carbocycles. The van der Waals surface area contributed by atoms with Crippen molar-refractivity contribution in [2.75, 3.05) is 12.4 Å². The molecule has 0 aliphatic carbocycles. The highest BCUT2D eigenvalue weighted by molar-refractivity contribution is 8.77. The third-order valence-corrected chi connectivity index (χ3v) is 7.50. The Morgan fingerprint density at radius 3 is 2.96 bits per heavy atom. The van der Waals surface area contributed by atoms with E-state index in [0.717, 1.165) is 35.5 Å². The summed E-state index contributed by atoms with van der Waals surface area (Å²) in [5.74, 6) is 1.28. The highest BCUT2D eigenvalue weighted by Crippen LogP contribution is 2.39. The third kappa shape index (κ3) is 6.21. The van der Waals surface area contributed by atoms with Crippen molar-refractivity contribution in [1.29, 1.82) is 0 Å². The Morgan fingerprint density at radius 2 is 2.19 bits per heavy atom. The zero-order valence-electron chi connectivity index (χ0n) is 15.4. The molecule has 0 bridgehead atoms. The van der Waals surface area contributed by atoms with Crippen LogP contribution in [0.2, 0.25) is 0 Å². The van der Waals surface area contributed by atoms with Crippen molar-refractivity contribution in [3.63, 3.8) is 0 Å². The number of nitrogens with one attached hydrogen (secondary N) is 1. The first-order valence-electron chi connectivity index (χ1n) is 9.33. The van der Waals surface area contributed by atoms with Crippen molar-refractivity contribution >= 4 is 44.4 Å². The van der Waals surface area contributed by atoms with E-state index in [2.05, 4.69) is 5.32 Å². The molecule has 5 nitrogen and oxygen atoms in total. The summed E-state index contributed by atoms with van der Waals surface area (Å²) in [6.07, 6.45) is 4.64. The number of rotatable bonds is 9. The lowest BCUT2D eigenvalue weighted by atomic mass is 10.1. The van der Waals surface area contributed by atoms with Gasteiger partial charge in [0.2, 0.25) is 0 Å². The average molecular weight is 408 g/mol. The molecule has 2 aromatic rings. The zero-order valence-corrected chi connectivity index (χ0v) is 17.1. The largest absolute Gasteiger partial charge is 0.459 e. The number of carbonyl (C=O) groups excluding carboxylic acids is 2. The van der Waals surface area contributed by atoms with Gasteiger partial charge in [-0.25, -0.2) is 0 Å². The molecular weight excluding hydrogens is 382 g/mol. The molecule has 1 aliphatic rings. The number of amides is 1. The Morgan fingerprint density at radius 1 is 1.33 bits per heavy atom. The van der Waals surface area contributed by atoms with Crippen LogP contribution in [0.4, 0.5) is 0 Å². The molecular formula is C20H25NO4S2. The van der Waals surface area contributed by atoms with Gasteiger partial charge in [-0.05, 0) is 38.3 Å². The van der Waals surface area contributed by atoms with Crippen LogP contribution in [0.5, 0.6) is 0 Å². The van der Waals surface area contributed by atoms with Gasteiger partial charge in [0.05, 0.1) is 6.04 Å². The highest BCUT2D eigenvalue weighted by atomic mass is 33.1. The number of fused-ring (bicyclic) bond motifs is 1. The topological polar surface area (TPSA) is 68.5 Å². The maximum Gasteiger partial charge on any atom is 0.306 e. The van der Waals surface area contributed by atoms with Crippen molar-refractivity contribution in [3.8, 4) is 0 Å². The molecule has 0 unspecified atom stereocenters. The zero-order chi connectivity index (χ0) is 19.1. The van der Waals surface area contributed by atoms with Gasteiger partial charge in [-0.15, -0.1) is 0 Å². The fourth-order valence-corrected chi connectivity index (χ4v) is 6.02. The van der Waals surface area contributed by atoms with Crippen molar-refractivity contribution in [2.24, 2.45) is 0 Å². The van der Waals surface area contributed by atoms with Crippen molar-refractivity contribution in [1.82, 2.24) is 5.32 Å². The maximum absolute atomic E-state index is 12.0. The van der Waals surface area contributed by atoms with E-state index in [4.69, 9.17) is 9.15 Å². The lowest BCUT2D eigenvalue weighted by Crippen LogP contribution is -2.30. The van der Waals surface area contributed by atoms with Crippen LogP contribution in [0.25, 0.3) is 11.0 Å². The van der Waals surface area contributed by atoms with Gasteiger partial charge in [0, 0.05) is 22.8 Å². The maximum atomic E-state index is 12.0. The van der Waals surface area contributed by atoms with Crippen LogP contribution < -0.4 is 5.32 Å². The molecule has 27 heavy (non-hydrogen) atoms. The number of furan rings is 1. The molecule has 2 atom stereocenters. The predicted octanol–water partition coefficient (Wildman–Crippen LogP) is 4.87. The van der Waals surface area contributed by atoms with Gasteiger partial charge in [0.1, 0.15) is 11.3 Å². The number of benzene rings is 1. The standard InChI is InChI=1S/C20H25NO4S2/c1-14(18-12-15-6-2-4-8-17(15)25-18)21-19(22)13-24-20(23)9-5-3-7-16-10-11-26-27-16/h2,4,6,8,12,14,16H,3,5,7,9-11,13H2,1H3,(H,21,22)/t14-,16-/m0/s1. The van der Waals surface area contributed by atoms with Crippen LogP contribution in [0, 0.1) is 0 Å². The van der Waals surface area contributed by atoms with Crippen molar-refractivity contribution in [3.05, 3.63) is 36.1 Å². The molecule has 146 valence electrons. The summed E-state index contributed by atoms with van der Waals surface area (Å²) in [6.45, 7) is 1.59. The van der Waals surface area contributed by atoms with Gasteiger partial charge in [-0.3, -0.25) is 9.59 Å².